The van der Waals surface area contributed by atoms with Gasteiger partial charge >= 0.3 is 0 Å². The maximum atomic E-state index is 12.6. The van der Waals surface area contributed by atoms with Crippen molar-refractivity contribution in [3.63, 3.8) is 0 Å². The number of hydrogen-bond acceptors (Lipinski definition) is 6. The fraction of sp³-hybridized carbons (Fsp3) is 0.238. The quantitative estimate of drug-likeness (QED) is 0.582. The summed E-state index contributed by atoms with van der Waals surface area (Å²) in [5.74, 6) is -0.417. The number of aromatic nitrogens is 1. The Balaban J connectivity index is 1.44. The van der Waals surface area contributed by atoms with Gasteiger partial charge in [0.05, 0.1) is 16.7 Å². The number of nitrogens with zero attached hydrogens (tertiary/aromatic N) is 1. The van der Waals surface area contributed by atoms with Crippen LogP contribution < -0.4 is 10.0 Å². The van der Waals surface area contributed by atoms with Crippen molar-refractivity contribution in [2.45, 2.75) is 23.8 Å². The largest absolute Gasteiger partial charge is 0.377 e. The van der Waals surface area contributed by atoms with Crippen LogP contribution in [0, 0.1) is 0 Å². The average molecular weight is 444 g/mol. The highest BCUT2D eigenvalue weighted by molar-refractivity contribution is 7.89. The van der Waals surface area contributed by atoms with Crippen LogP contribution in [0.1, 0.15) is 23.2 Å². The first-order valence-corrected chi connectivity index (χ1v) is 11.9. The fourth-order valence-corrected chi connectivity index (χ4v) is 4.96. The predicted molar refractivity (Wildman–Crippen MR) is 116 cm³/mol. The molecule has 1 fully saturated rings. The molecular formula is C21H21N3O4S2. The van der Waals surface area contributed by atoms with E-state index in [4.69, 9.17) is 4.74 Å². The van der Waals surface area contributed by atoms with Gasteiger partial charge in [0.1, 0.15) is 0 Å². The van der Waals surface area contributed by atoms with Crippen LogP contribution >= 0.6 is 11.3 Å². The van der Waals surface area contributed by atoms with Gasteiger partial charge in [0, 0.05) is 29.7 Å². The van der Waals surface area contributed by atoms with E-state index in [1.807, 2.05) is 35.7 Å². The van der Waals surface area contributed by atoms with Crippen molar-refractivity contribution in [2.24, 2.45) is 0 Å². The summed E-state index contributed by atoms with van der Waals surface area (Å²) in [7, 11) is -3.73. The lowest BCUT2D eigenvalue weighted by molar-refractivity contribution is 0.102. The Hall–Kier alpha value is -2.59. The van der Waals surface area contributed by atoms with E-state index in [1.165, 1.54) is 23.5 Å². The molecule has 1 aromatic heterocycles. The van der Waals surface area contributed by atoms with Gasteiger partial charge in [-0.1, -0.05) is 36.4 Å². The summed E-state index contributed by atoms with van der Waals surface area (Å²) in [6.45, 7) is 0.880. The van der Waals surface area contributed by atoms with Crippen LogP contribution in [0.3, 0.4) is 0 Å². The molecule has 0 radical (unpaired) electrons. The third-order valence-corrected chi connectivity index (χ3v) is 6.90. The van der Waals surface area contributed by atoms with Crippen LogP contribution in [0.25, 0.3) is 11.3 Å². The second-order valence-corrected chi connectivity index (χ2v) is 9.50. The number of carbonyl (C=O) groups is 1. The minimum Gasteiger partial charge on any atom is -0.377 e. The zero-order valence-corrected chi connectivity index (χ0v) is 17.7. The first-order chi connectivity index (χ1) is 14.5. The van der Waals surface area contributed by atoms with Gasteiger partial charge in [-0.3, -0.25) is 10.1 Å². The summed E-state index contributed by atoms with van der Waals surface area (Å²) in [5.41, 5.74) is 1.97. The standard InChI is InChI=1S/C21H21N3O4S2/c25-20(24-21-23-19(14-29-21)15-6-2-1-3-7-15)16-8-4-10-18(12-16)30(26,27)22-13-17-9-5-11-28-17/h1-4,6-8,10,12,14,17,22H,5,9,11,13H2,(H,23,24,25)/t17-/m0/s1. The third-order valence-electron chi connectivity index (χ3n) is 4.73. The average Bonchev–Trinajstić information content (AvgIpc) is 3.45. The SMILES string of the molecule is O=C(Nc1nc(-c2ccccc2)cs1)c1cccc(S(=O)(=O)NC[C@@H]2CCCO2)c1. The van der Waals surface area contributed by atoms with Crippen LogP contribution in [-0.4, -0.2) is 38.6 Å². The minimum atomic E-state index is -3.73. The van der Waals surface area contributed by atoms with E-state index in [9.17, 15) is 13.2 Å². The molecule has 2 N–H and O–H groups in total. The van der Waals surface area contributed by atoms with Crippen molar-refractivity contribution in [2.75, 3.05) is 18.5 Å². The summed E-state index contributed by atoms with van der Waals surface area (Å²) < 4.78 is 33.2. The number of thiazole rings is 1. The summed E-state index contributed by atoms with van der Waals surface area (Å²) >= 11 is 1.31. The lowest BCUT2D eigenvalue weighted by Gasteiger charge is -2.12. The molecule has 2 aromatic carbocycles. The van der Waals surface area contributed by atoms with Crippen molar-refractivity contribution < 1.29 is 17.9 Å². The molecule has 3 aromatic rings. The Kier molecular flexibility index (Phi) is 6.24. The molecule has 0 unspecified atom stereocenters. The Labute approximate surface area is 179 Å². The van der Waals surface area contributed by atoms with Gasteiger partial charge < -0.3 is 4.74 Å². The van der Waals surface area contributed by atoms with E-state index in [2.05, 4.69) is 15.0 Å². The Morgan fingerprint density at radius 1 is 1.17 bits per heavy atom. The van der Waals surface area contributed by atoms with Gasteiger partial charge in [-0.05, 0) is 31.0 Å². The van der Waals surface area contributed by atoms with Crippen molar-refractivity contribution in [3.05, 3.63) is 65.5 Å². The van der Waals surface area contributed by atoms with Crippen LogP contribution in [0.4, 0.5) is 5.13 Å². The van der Waals surface area contributed by atoms with Gasteiger partial charge in [-0.25, -0.2) is 18.1 Å². The van der Waals surface area contributed by atoms with E-state index in [0.717, 1.165) is 24.1 Å². The summed E-state index contributed by atoms with van der Waals surface area (Å²) in [4.78, 5) is 17.1. The molecule has 0 aliphatic carbocycles. The summed E-state index contributed by atoms with van der Waals surface area (Å²) in [6.07, 6.45) is 1.67. The van der Waals surface area contributed by atoms with Crippen LogP contribution in [-0.2, 0) is 14.8 Å². The van der Waals surface area contributed by atoms with E-state index in [-0.39, 0.29) is 23.1 Å². The molecule has 2 heterocycles. The molecule has 1 aliphatic heterocycles. The van der Waals surface area contributed by atoms with E-state index in [1.54, 1.807) is 12.1 Å². The maximum absolute atomic E-state index is 12.6. The molecule has 30 heavy (non-hydrogen) atoms. The molecule has 7 nitrogen and oxygen atoms in total. The topological polar surface area (TPSA) is 97.4 Å². The molecular weight excluding hydrogens is 422 g/mol. The number of benzene rings is 2. The normalized spacial score (nSPS) is 16.5. The molecule has 0 bridgehead atoms. The number of sulfonamides is 1. The molecule has 156 valence electrons. The molecule has 1 saturated heterocycles. The number of rotatable bonds is 7. The van der Waals surface area contributed by atoms with Crippen LogP contribution in [0.5, 0.6) is 0 Å². The molecule has 0 saturated carbocycles. The Morgan fingerprint density at radius 3 is 2.77 bits per heavy atom. The zero-order valence-electron chi connectivity index (χ0n) is 16.1. The molecule has 1 amide bonds. The maximum Gasteiger partial charge on any atom is 0.257 e. The van der Waals surface area contributed by atoms with Crippen molar-refractivity contribution in [1.82, 2.24) is 9.71 Å². The highest BCUT2D eigenvalue weighted by atomic mass is 32.2. The number of ether oxygens (including phenoxy) is 1. The summed E-state index contributed by atoms with van der Waals surface area (Å²) in [5, 5.41) is 5.05. The van der Waals surface area contributed by atoms with Crippen molar-refractivity contribution >= 4 is 32.4 Å². The minimum absolute atomic E-state index is 0.0391. The lowest BCUT2D eigenvalue weighted by atomic mass is 10.2. The van der Waals surface area contributed by atoms with Crippen LogP contribution in [0.15, 0.2) is 64.9 Å². The van der Waals surface area contributed by atoms with E-state index in [0.29, 0.717) is 11.7 Å². The first-order valence-electron chi connectivity index (χ1n) is 9.55. The van der Waals surface area contributed by atoms with Crippen molar-refractivity contribution in [1.29, 1.82) is 0 Å². The number of nitrogens with one attached hydrogen (secondary N) is 2. The van der Waals surface area contributed by atoms with E-state index < -0.39 is 15.9 Å². The highest BCUT2D eigenvalue weighted by Gasteiger charge is 2.21. The molecule has 1 aliphatic rings. The van der Waals surface area contributed by atoms with Gasteiger partial charge in [0.2, 0.25) is 10.0 Å². The van der Waals surface area contributed by atoms with Gasteiger partial charge in [0.15, 0.2) is 5.13 Å². The smallest absolute Gasteiger partial charge is 0.257 e. The Morgan fingerprint density at radius 2 is 2.00 bits per heavy atom. The van der Waals surface area contributed by atoms with E-state index >= 15 is 0 Å². The van der Waals surface area contributed by atoms with Gasteiger partial charge in [-0.2, -0.15) is 0 Å². The monoisotopic (exact) mass is 443 g/mol. The summed E-state index contributed by atoms with van der Waals surface area (Å²) in [6, 6.07) is 15.6. The molecule has 4 rings (SSSR count). The molecule has 0 spiro atoms. The number of hydrogen-bond donors (Lipinski definition) is 2. The number of carbonyl (C=O) groups excluding carboxylic acids is 1. The van der Waals surface area contributed by atoms with Crippen molar-refractivity contribution in [3.8, 4) is 11.3 Å². The lowest BCUT2D eigenvalue weighted by Crippen LogP contribution is -2.32. The highest BCUT2D eigenvalue weighted by Crippen LogP contribution is 2.25. The van der Waals surface area contributed by atoms with Gasteiger partial charge in [0.25, 0.3) is 5.91 Å². The van der Waals surface area contributed by atoms with Gasteiger partial charge in [-0.15, -0.1) is 11.3 Å². The second-order valence-electron chi connectivity index (χ2n) is 6.87. The molecule has 9 heteroatoms. The van der Waals surface area contributed by atoms with Crippen LogP contribution in [0.2, 0.25) is 0 Å². The second kappa shape index (κ2) is 9.05. The first kappa shape index (κ1) is 20.7. The molecule has 1 atom stereocenters. The Bertz CT molecular complexity index is 1120. The fourth-order valence-electron chi connectivity index (χ4n) is 3.14. The third kappa shape index (κ3) is 4.93. The zero-order chi connectivity index (χ0) is 21.0. The predicted octanol–water partition coefficient (Wildman–Crippen LogP) is 3.52. The number of amides is 1. The number of anilines is 1.